The van der Waals surface area contributed by atoms with Gasteiger partial charge in [0.2, 0.25) is 0 Å². The second-order valence-electron chi connectivity index (χ2n) is 5.02. The van der Waals surface area contributed by atoms with E-state index in [1.54, 1.807) is 0 Å². The largest absolute Gasteiger partial charge is 0.369 e. The number of anilines is 1. The molecule has 114 valence electrons. The molecule has 2 aromatic rings. The number of hydrogen-bond acceptors (Lipinski definition) is 4. The van der Waals surface area contributed by atoms with E-state index in [4.69, 9.17) is 16.6 Å². The number of rotatable bonds is 5. The maximum Gasteiger partial charge on any atom is 0.172 e. The fourth-order valence-corrected chi connectivity index (χ4v) is 3.98. The number of nitrogens with one attached hydrogen (secondary N) is 1. The molecule has 0 bridgehead atoms. The summed E-state index contributed by atoms with van der Waals surface area (Å²) in [6.45, 7) is 7.22. The third kappa shape index (κ3) is 4.18. The summed E-state index contributed by atoms with van der Waals surface area (Å²) in [5, 5.41) is 3.28. The lowest BCUT2D eigenvalue weighted by atomic mass is 10.1. The van der Waals surface area contributed by atoms with E-state index in [0.29, 0.717) is 16.1 Å². The van der Waals surface area contributed by atoms with E-state index in [2.05, 4.69) is 62.9 Å². The van der Waals surface area contributed by atoms with E-state index in [0.717, 1.165) is 38.3 Å². The predicted molar refractivity (Wildman–Crippen MR) is 98.5 cm³/mol. The van der Waals surface area contributed by atoms with Gasteiger partial charge in [0.25, 0.3) is 0 Å². The Morgan fingerprint density at radius 2 is 2.05 bits per heavy atom. The van der Waals surface area contributed by atoms with Crippen molar-refractivity contribution in [2.45, 2.75) is 27.2 Å². The van der Waals surface area contributed by atoms with E-state index >= 15 is 0 Å². The number of nitrogens with zero attached hydrogens (tertiary/aromatic N) is 2. The Balaban J connectivity index is 2.52. The summed E-state index contributed by atoms with van der Waals surface area (Å²) in [6, 6.07) is 1.96. The monoisotopic (exact) mass is 451 g/mol. The molecule has 0 atom stereocenters. The Labute approximate surface area is 150 Å². The van der Waals surface area contributed by atoms with Gasteiger partial charge in [0, 0.05) is 11.0 Å². The third-order valence-corrected chi connectivity index (χ3v) is 6.04. The summed E-state index contributed by atoms with van der Waals surface area (Å²) in [5.74, 6) is 2.07. The zero-order valence-corrected chi connectivity index (χ0v) is 16.7. The number of thiophene rings is 1. The van der Waals surface area contributed by atoms with Crippen LogP contribution in [0.5, 0.6) is 0 Å². The highest BCUT2D eigenvalue weighted by molar-refractivity contribution is 9.11. The molecule has 7 heteroatoms. The van der Waals surface area contributed by atoms with Crippen molar-refractivity contribution in [2.24, 2.45) is 5.92 Å². The van der Waals surface area contributed by atoms with Crippen molar-refractivity contribution in [1.82, 2.24) is 9.97 Å². The molecular weight excluding hydrogens is 438 g/mol. The van der Waals surface area contributed by atoms with E-state index in [1.807, 2.05) is 6.07 Å². The van der Waals surface area contributed by atoms with Gasteiger partial charge in [-0.1, -0.05) is 25.4 Å². The summed E-state index contributed by atoms with van der Waals surface area (Å²) in [7, 11) is 0. The van der Waals surface area contributed by atoms with Gasteiger partial charge < -0.3 is 5.32 Å². The van der Waals surface area contributed by atoms with Gasteiger partial charge in [-0.15, -0.1) is 11.3 Å². The normalized spacial score (nSPS) is 11.2. The van der Waals surface area contributed by atoms with E-state index < -0.39 is 0 Å². The molecule has 0 aliphatic rings. The van der Waals surface area contributed by atoms with Gasteiger partial charge in [-0.05, 0) is 57.2 Å². The van der Waals surface area contributed by atoms with Crippen LogP contribution in [-0.4, -0.2) is 16.5 Å². The first-order chi connectivity index (χ1) is 9.92. The lowest BCUT2D eigenvalue weighted by Crippen LogP contribution is -2.07. The van der Waals surface area contributed by atoms with Crippen LogP contribution in [0.25, 0.3) is 10.7 Å². The van der Waals surface area contributed by atoms with Crippen molar-refractivity contribution in [2.75, 3.05) is 11.9 Å². The van der Waals surface area contributed by atoms with Gasteiger partial charge in [-0.25, -0.2) is 9.97 Å². The molecule has 0 saturated carbocycles. The summed E-state index contributed by atoms with van der Waals surface area (Å²) in [6.07, 6.45) is 0.898. The van der Waals surface area contributed by atoms with Gasteiger partial charge in [-0.3, -0.25) is 0 Å². The minimum atomic E-state index is 0.525. The topological polar surface area (TPSA) is 37.8 Å². The first kappa shape index (κ1) is 17.2. The molecule has 0 radical (unpaired) electrons. The summed E-state index contributed by atoms with van der Waals surface area (Å²) >= 11 is 14.7. The Morgan fingerprint density at radius 1 is 1.33 bits per heavy atom. The lowest BCUT2D eigenvalue weighted by molar-refractivity contribution is 0.632. The van der Waals surface area contributed by atoms with Crippen LogP contribution in [0.3, 0.4) is 0 Å². The van der Waals surface area contributed by atoms with Crippen LogP contribution in [0.2, 0.25) is 4.34 Å². The van der Waals surface area contributed by atoms with Crippen molar-refractivity contribution in [3.8, 4) is 10.7 Å². The molecule has 2 rings (SSSR count). The maximum atomic E-state index is 6.13. The first-order valence-corrected chi connectivity index (χ1v) is 9.45. The van der Waals surface area contributed by atoms with Crippen molar-refractivity contribution >= 4 is 60.6 Å². The van der Waals surface area contributed by atoms with Gasteiger partial charge in [0.15, 0.2) is 5.82 Å². The molecule has 0 fully saturated rings. The average molecular weight is 454 g/mol. The molecule has 0 unspecified atom stereocenters. The van der Waals surface area contributed by atoms with Crippen molar-refractivity contribution in [3.05, 3.63) is 25.0 Å². The van der Waals surface area contributed by atoms with Crippen molar-refractivity contribution < 1.29 is 0 Å². The number of halogens is 3. The van der Waals surface area contributed by atoms with Gasteiger partial charge >= 0.3 is 0 Å². The molecule has 0 spiro atoms. The third-order valence-electron chi connectivity index (χ3n) is 2.73. The van der Waals surface area contributed by atoms with E-state index in [9.17, 15) is 0 Å². The minimum Gasteiger partial charge on any atom is -0.369 e. The Morgan fingerprint density at radius 3 is 2.57 bits per heavy atom. The second-order valence-corrected chi connectivity index (χ2v) is 8.32. The minimum absolute atomic E-state index is 0.525. The number of aromatic nitrogens is 2. The molecule has 21 heavy (non-hydrogen) atoms. The molecule has 0 aliphatic carbocycles. The fourth-order valence-electron chi connectivity index (χ4n) is 1.87. The standard InChI is InChI=1S/C14H16Br2ClN3S/c1-4-18-14-11(16)9(5-7(2)3)19-13(20-14)10-6-8(15)12(17)21-10/h6-7H,4-5H2,1-3H3,(H,18,19,20). The highest BCUT2D eigenvalue weighted by atomic mass is 79.9. The van der Waals surface area contributed by atoms with E-state index in [-0.39, 0.29) is 0 Å². The predicted octanol–water partition coefficient (Wildman–Crippen LogP) is 6.01. The molecule has 0 aliphatic heterocycles. The number of hydrogen-bond donors (Lipinski definition) is 1. The smallest absolute Gasteiger partial charge is 0.172 e. The van der Waals surface area contributed by atoms with Gasteiger partial charge in [0.1, 0.15) is 10.2 Å². The highest BCUT2D eigenvalue weighted by Crippen LogP contribution is 2.38. The molecule has 2 heterocycles. The zero-order valence-electron chi connectivity index (χ0n) is 12.0. The Bertz CT molecular complexity index is 624. The van der Waals surface area contributed by atoms with E-state index in [1.165, 1.54) is 11.3 Å². The highest BCUT2D eigenvalue weighted by Gasteiger charge is 2.16. The van der Waals surface area contributed by atoms with Gasteiger partial charge in [-0.2, -0.15) is 0 Å². The van der Waals surface area contributed by atoms with Crippen LogP contribution in [0, 0.1) is 5.92 Å². The SMILES string of the molecule is CCNc1nc(-c2cc(Br)c(Cl)s2)nc(CC(C)C)c1Br. The molecule has 3 nitrogen and oxygen atoms in total. The van der Waals surface area contributed by atoms with Crippen LogP contribution in [0.1, 0.15) is 26.5 Å². The Hall–Kier alpha value is -0.170. The Kier molecular flexibility index (Phi) is 6.05. The van der Waals surface area contributed by atoms with Crippen LogP contribution < -0.4 is 5.32 Å². The molecular formula is C14H16Br2ClN3S. The van der Waals surface area contributed by atoms with Crippen LogP contribution in [0.15, 0.2) is 15.0 Å². The summed E-state index contributed by atoms with van der Waals surface area (Å²) < 4.78 is 2.54. The fraction of sp³-hybridized carbons (Fsp3) is 0.429. The molecule has 1 N–H and O–H groups in total. The quantitative estimate of drug-likeness (QED) is 0.602. The van der Waals surface area contributed by atoms with Crippen molar-refractivity contribution in [3.63, 3.8) is 0 Å². The average Bonchev–Trinajstić information content (AvgIpc) is 2.74. The summed E-state index contributed by atoms with van der Waals surface area (Å²) in [5.41, 5.74) is 1.02. The van der Waals surface area contributed by atoms with Crippen LogP contribution in [0.4, 0.5) is 5.82 Å². The van der Waals surface area contributed by atoms with Crippen LogP contribution >= 0.6 is 54.8 Å². The van der Waals surface area contributed by atoms with Gasteiger partial charge in [0.05, 0.1) is 15.0 Å². The lowest BCUT2D eigenvalue weighted by Gasteiger charge is -2.13. The van der Waals surface area contributed by atoms with Crippen molar-refractivity contribution in [1.29, 1.82) is 0 Å². The summed E-state index contributed by atoms with van der Waals surface area (Å²) in [4.78, 5) is 10.3. The molecule has 2 aromatic heterocycles. The maximum absolute atomic E-state index is 6.13. The zero-order chi connectivity index (χ0) is 15.6. The molecule has 0 amide bonds. The molecule has 0 saturated heterocycles. The van der Waals surface area contributed by atoms with Crippen LogP contribution in [-0.2, 0) is 6.42 Å². The second kappa shape index (κ2) is 7.40. The first-order valence-electron chi connectivity index (χ1n) is 6.67. The molecule has 0 aromatic carbocycles.